The zero-order valence-corrected chi connectivity index (χ0v) is 17.4. The molecule has 4 rings (SSSR count). The van der Waals surface area contributed by atoms with E-state index in [0.717, 1.165) is 22.2 Å². The van der Waals surface area contributed by atoms with Gasteiger partial charge in [0.15, 0.2) is 5.65 Å². The second-order valence-corrected chi connectivity index (χ2v) is 7.50. The maximum absolute atomic E-state index is 12.5. The highest BCUT2D eigenvalue weighted by atomic mass is 16.5. The van der Waals surface area contributed by atoms with Crippen molar-refractivity contribution in [2.75, 3.05) is 7.11 Å². The molecule has 30 heavy (non-hydrogen) atoms. The van der Waals surface area contributed by atoms with Crippen LogP contribution in [-0.4, -0.2) is 43.0 Å². The van der Waals surface area contributed by atoms with Crippen LogP contribution in [0.3, 0.4) is 0 Å². The Morgan fingerprint density at radius 3 is 2.83 bits per heavy atom. The number of nitrogens with zero attached hydrogens (tertiary/aromatic N) is 5. The fourth-order valence-electron chi connectivity index (χ4n) is 3.78. The average Bonchev–Trinajstić information content (AvgIpc) is 3.24. The molecule has 0 aliphatic heterocycles. The molecule has 156 valence electrons. The van der Waals surface area contributed by atoms with Gasteiger partial charge in [-0.25, -0.2) is 4.98 Å². The summed E-state index contributed by atoms with van der Waals surface area (Å²) in [4.78, 5) is 29.3. The molecular weight excluding hydrogens is 384 g/mol. The van der Waals surface area contributed by atoms with E-state index < -0.39 is 0 Å². The Bertz CT molecular complexity index is 1300. The Morgan fingerprint density at radius 2 is 2.07 bits per heavy atom. The number of carbonyl (C=O) groups is 1. The molecule has 0 unspecified atom stereocenters. The van der Waals surface area contributed by atoms with E-state index in [-0.39, 0.29) is 24.1 Å². The summed E-state index contributed by atoms with van der Waals surface area (Å²) in [5, 5.41) is 8.50. The summed E-state index contributed by atoms with van der Waals surface area (Å²) >= 11 is 0. The standard InChI is InChI=1S/C21H24N6O3/c1-13(7-14-10-25(2)18-6-5-15(30-4)8-16(14)18)24-19(28)11-27-12-22-20-17(21(27)29)9-23-26(20)3/h5-6,8-10,12-13H,7,11H2,1-4H3,(H,24,28)/t13-/m1/s1. The summed E-state index contributed by atoms with van der Waals surface area (Å²) in [6, 6.07) is 5.85. The number of rotatable bonds is 6. The first kappa shape index (κ1) is 19.7. The normalized spacial score (nSPS) is 12.4. The van der Waals surface area contributed by atoms with E-state index in [0.29, 0.717) is 17.5 Å². The summed E-state index contributed by atoms with van der Waals surface area (Å²) in [5.74, 6) is 0.553. The van der Waals surface area contributed by atoms with Gasteiger partial charge in [0.2, 0.25) is 5.91 Å². The fourth-order valence-corrected chi connectivity index (χ4v) is 3.78. The third-order valence-electron chi connectivity index (χ3n) is 5.24. The number of aryl methyl sites for hydroxylation is 2. The number of benzene rings is 1. The molecule has 1 aromatic carbocycles. The van der Waals surface area contributed by atoms with Gasteiger partial charge in [0.25, 0.3) is 5.56 Å². The van der Waals surface area contributed by atoms with Crippen molar-refractivity contribution in [2.45, 2.75) is 25.9 Å². The lowest BCUT2D eigenvalue weighted by molar-refractivity contribution is -0.122. The number of ether oxygens (including phenoxy) is 1. The van der Waals surface area contributed by atoms with Gasteiger partial charge in [0.05, 0.1) is 13.3 Å². The maximum atomic E-state index is 12.5. The van der Waals surface area contributed by atoms with Crippen LogP contribution >= 0.6 is 0 Å². The minimum atomic E-state index is -0.281. The molecule has 0 radical (unpaired) electrons. The molecule has 3 aromatic heterocycles. The second-order valence-electron chi connectivity index (χ2n) is 7.50. The average molecular weight is 408 g/mol. The molecule has 1 amide bonds. The number of nitrogens with one attached hydrogen (secondary N) is 1. The number of hydrogen-bond donors (Lipinski definition) is 1. The number of methoxy groups -OCH3 is 1. The molecular formula is C21H24N6O3. The van der Waals surface area contributed by atoms with Gasteiger partial charge in [-0.2, -0.15) is 5.10 Å². The Labute approximate surface area is 172 Å². The number of carbonyl (C=O) groups excluding carboxylic acids is 1. The quantitative estimate of drug-likeness (QED) is 0.520. The van der Waals surface area contributed by atoms with Gasteiger partial charge in [-0.15, -0.1) is 0 Å². The summed E-state index contributed by atoms with van der Waals surface area (Å²) in [6.45, 7) is 1.85. The minimum Gasteiger partial charge on any atom is -0.497 e. The van der Waals surface area contributed by atoms with Crippen LogP contribution in [0.2, 0.25) is 0 Å². The lowest BCUT2D eigenvalue weighted by Gasteiger charge is -2.14. The molecule has 0 bridgehead atoms. The van der Waals surface area contributed by atoms with E-state index in [1.807, 2.05) is 32.2 Å². The predicted octanol–water partition coefficient (Wildman–Crippen LogP) is 1.38. The third-order valence-corrected chi connectivity index (χ3v) is 5.24. The maximum Gasteiger partial charge on any atom is 0.264 e. The molecule has 3 heterocycles. The van der Waals surface area contributed by atoms with Crippen LogP contribution < -0.4 is 15.6 Å². The first-order valence-corrected chi connectivity index (χ1v) is 9.66. The number of hydrogen-bond acceptors (Lipinski definition) is 5. The highest BCUT2D eigenvalue weighted by Gasteiger charge is 2.15. The summed E-state index contributed by atoms with van der Waals surface area (Å²) in [5.41, 5.74) is 2.44. The van der Waals surface area contributed by atoms with Gasteiger partial charge in [-0.1, -0.05) is 0 Å². The lowest BCUT2D eigenvalue weighted by Crippen LogP contribution is -2.38. The highest BCUT2D eigenvalue weighted by Crippen LogP contribution is 2.26. The molecule has 4 aromatic rings. The molecule has 0 aliphatic rings. The Hall–Kier alpha value is -3.62. The molecule has 0 saturated heterocycles. The lowest BCUT2D eigenvalue weighted by atomic mass is 10.1. The number of amides is 1. The molecule has 0 fully saturated rings. The third kappa shape index (κ3) is 3.54. The zero-order valence-electron chi connectivity index (χ0n) is 17.4. The first-order chi connectivity index (χ1) is 14.4. The van der Waals surface area contributed by atoms with Crippen LogP contribution in [0.4, 0.5) is 0 Å². The summed E-state index contributed by atoms with van der Waals surface area (Å²) in [6.07, 6.45) is 5.58. The van der Waals surface area contributed by atoms with Crippen LogP contribution in [-0.2, 0) is 31.9 Å². The molecule has 0 aliphatic carbocycles. The van der Waals surface area contributed by atoms with E-state index in [2.05, 4.69) is 26.2 Å². The highest BCUT2D eigenvalue weighted by molar-refractivity contribution is 5.85. The molecule has 9 nitrogen and oxygen atoms in total. The molecule has 1 N–H and O–H groups in total. The fraction of sp³-hybridized carbons (Fsp3) is 0.333. The second kappa shape index (κ2) is 7.66. The van der Waals surface area contributed by atoms with Crippen molar-refractivity contribution in [1.82, 2.24) is 29.2 Å². The molecule has 0 spiro atoms. The monoisotopic (exact) mass is 408 g/mol. The van der Waals surface area contributed by atoms with Crippen LogP contribution in [0.15, 0.2) is 41.7 Å². The van der Waals surface area contributed by atoms with E-state index in [1.165, 1.54) is 21.8 Å². The van der Waals surface area contributed by atoms with Crippen molar-refractivity contribution in [2.24, 2.45) is 14.1 Å². The Kier molecular flexibility index (Phi) is 5.03. The van der Waals surface area contributed by atoms with Crippen LogP contribution in [0.25, 0.3) is 21.9 Å². The Morgan fingerprint density at radius 1 is 1.27 bits per heavy atom. The van der Waals surface area contributed by atoms with Crippen molar-refractivity contribution < 1.29 is 9.53 Å². The van der Waals surface area contributed by atoms with Crippen molar-refractivity contribution in [3.05, 3.63) is 52.8 Å². The SMILES string of the molecule is COc1ccc2c(c1)c(C[C@@H](C)NC(=O)Cn1cnc3c(cnn3C)c1=O)cn2C. The minimum absolute atomic E-state index is 0.0929. The van der Waals surface area contributed by atoms with Gasteiger partial charge in [-0.3, -0.25) is 18.8 Å². The summed E-state index contributed by atoms with van der Waals surface area (Å²) < 4.78 is 10.2. The van der Waals surface area contributed by atoms with Gasteiger partial charge in [0.1, 0.15) is 24.0 Å². The Balaban J connectivity index is 1.47. The zero-order chi connectivity index (χ0) is 21.4. The van der Waals surface area contributed by atoms with Gasteiger partial charge >= 0.3 is 0 Å². The van der Waals surface area contributed by atoms with Gasteiger partial charge in [-0.05, 0) is 37.1 Å². The van der Waals surface area contributed by atoms with E-state index in [9.17, 15) is 9.59 Å². The van der Waals surface area contributed by atoms with Crippen LogP contribution in [0.5, 0.6) is 5.75 Å². The van der Waals surface area contributed by atoms with E-state index in [4.69, 9.17) is 4.74 Å². The van der Waals surface area contributed by atoms with Gasteiger partial charge in [0, 0.05) is 37.2 Å². The number of aromatic nitrogens is 5. The van der Waals surface area contributed by atoms with Crippen LogP contribution in [0.1, 0.15) is 12.5 Å². The van der Waals surface area contributed by atoms with Crippen molar-refractivity contribution in [3.63, 3.8) is 0 Å². The predicted molar refractivity (Wildman–Crippen MR) is 114 cm³/mol. The number of fused-ring (bicyclic) bond motifs is 2. The van der Waals surface area contributed by atoms with Crippen molar-refractivity contribution in [1.29, 1.82) is 0 Å². The summed E-state index contributed by atoms with van der Waals surface area (Å²) in [7, 11) is 5.36. The smallest absolute Gasteiger partial charge is 0.264 e. The largest absolute Gasteiger partial charge is 0.497 e. The van der Waals surface area contributed by atoms with E-state index >= 15 is 0 Å². The molecule has 0 saturated carbocycles. The molecule has 9 heteroatoms. The molecule has 1 atom stereocenters. The topological polar surface area (TPSA) is 96.0 Å². The van der Waals surface area contributed by atoms with Crippen molar-refractivity contribution >= 4 is 27.8 Å². The van der Waals surface area contributed by atoms with Gasteiger partial charge < -0.3 is 14.6 Å². The first-order valence-electron chi connectivity index (χ1n) is 9.66. The van der Waals surface area contributed by atoms with Crippen molar-refractivity contribution in [3.8, 4) is 5.75 Å². The van der Waals surface area contributed by atoms with E-state index in [1.54, 1.807) is 14.2 Å². The van der Waals surface area contributed by atoms with Crippen LogP contribution in [0, 0.1) is 0 Å².